The van der Waals surface area contributed by atoms with Crippen LogP contribution in [0, 0.1) is 0 Å². The zero-order chi connectivity index (χ0) is 11.7. The quantitative estimate of drug-likeness (QED) is 0.670. The molecule has 0 radical (unpaired) electrons. The monoisotopic (exact) mass is 232 g/mol. The summed E-state index contributed by atoms with van der Waals surface area (Å²) in [6.45, 7) is 4.19. The molecule has 15 heavy (non-hydrogen) atoms. The van der Waals surface area contributed by atoms with Gasteiger partial charge in [0.05, 0.1) is 6.04 Å². The predicted octanol–water partition coefficient (Wildman–Crippen LogP) is 1.76. The van der Waals surface area contributed by atoms with Gasteiger partial charge < -0.3 is 11.1 Å². The maximum Gasteiger partial charge on any atom is 0.237 e. The summed E-state index contributed by atoms with van der Waals surface area (Å²) >= 11 is 1.75. The zero-order valence-electron chi connectivity index (χ0n) is 10.1. The molecule has 0 aromatic carbocycles. The molecule has 0 bridgehead atoms. The van der Waals surface area contributed by atoms with Crippen LogP contribution in [0.15, 0.2) is 0 Å². The van der Waals surface area contributed by atoms with Crippen molar-refractivity contribution in [3.8, 4) is 0 Å². The van der Waals surface area contributed by atoms with E-state index < -0.39 is 0 Å². The first-order chi connectivity index (χ1) is 7.15. The summed E-state index contributed by atoms with van der Waals surface area (Å²) in [6, 6.07) is -0.0685. The Morgan fingerprint density at radius 1 is 1.47 bits per heavy atom. The number of nitrogens with one attached hydrogen (secondary N) is 1. The van der Waals surface area contributed by atoms with E-state index in [1.54, 1.807) is 11.8 Å². The number of carbonyl (C=O) groups is 1. The van der Waals surface area contributed by atoms with Gasteiger partial charge in [0, 0.05) is 11.8 Å². The number of carbonyl (C=O) groups excluding carboxylic acids is 1. The summed E-state index contributed by atoms with van der Waals surface area (Å²) < 4.78 is 0. The average Bonchev–Trinajstić information content (AvgIpc) is 2.24. The summed E-state index contributed by atoms with van der Waals surface area (Å²) in [7, 11) is 0. The second-order valence-corrected chi connectivity index (χ2v) is 4.73. The van der Waals surface area contributed by atoms with E-state index in [4.69, 9.17) is 5.73 Å². The Morgan fingerprint density at radius 2 is 2.13 bits per heavy atom. The summed E-state index contributed by atoms with van der Waals surface area (Å²) in [6.07, 6.45) is 5.91. The van der Waals surface area contributed by atoms with Crippen LogP contribution in [0.25, 0.3) is 0 Å². The summed E-state index contributed by atoms with van der Waals surface area (Å²) in [5.74, 6) is 0.965. The largest absolute Gasteiger partial charge is 0.351 e. The summed E-state index contributed by atoms with van der Waals surface area (Å²) in [5.41, 5.74) is 5.78. The van der Waals surface area contributed by atoms with E-state index in [9.17, 15) is 4.79 Å². The highest BCUT2D eigenvalue weighted by Gasteiger charge is 2.15. The molecule has 0 rings (SSSR count). The van der Waals surface area contributed by atoms with E-state index >= 15 is 0 Å². The Hall–Kier alpha value is -0.220. The van der Waals surface area contributed by atoms with E-state index in [0.29, 0.717) is 0 Å². The normalized spacial score (nSPS) is 14.7. The van der Waals surface area contributed by atoms with Gasteiger partial charge in [-0.2, -0.15) is 11.8 Å². The Bertz CT molecular complexity index is 176. The number of amides is 1. The summed E-state index contributed by atoms with van der Waals surface area (Å²) in [5, 5.41) is 2.99. The van der Waals surface area contributed by atoms with Crippen LogP contribution in [0.4, 0.5) is 0 Å². The molecule has 3 nitrogen and oxygen atoms in total. The lowest BCUT2D eigenvalue weighted by Gasteiger charge is -2.18. The minimum Gasteiger partial charge on any atom is -0.351 e. The van der Waals surface area contributed by atoms with E-state index in [2.05, 4.69) is 19.2 Å². The lowest BCUT2D eigenvalue weighted by molar-refractivity contribution is -0.123. The third kappa shape index (κ3) is 6.79. The predicted molar refractivity (Wildman–Crippen MR) is 68.1 cm³/mol. The molecule has 3 N–H and O–H groups in total. The summed E-state index contributed by atoms with van der Waals surface area (Å²) in [4.78, 5) is 11.6. The number of thioether (sulfide) groups is 1. The van der Waals surface area contributed by atoms with Crippen molar-refractivity contribution in [2.24, 2.45) is 5.73 Å². The highest BCUT2D eigenvalue weighted by molar-refractivity contribution is 7.98. The molecule has 0 saturated carbocycles. The molecule has 90 valence electrons. The van der Waals surface area contributed by atoms with Crippen molar-refractivity contribution in [1.29, 1.82) is 0 Å². The van der Waals surface area contributed by atoms with Crippen LogP contribution in [0.1, 0.15) is 39.5 Å². The molecule has 0 aromatic heterocycles. The molecule has 0 spiro atoms. The standard InChI is InChI=1S/C11H24N2OS/c1-4-6-7-10(12)11(14)13-9(5-2)8-15-3/h9-10H,4-8,12H2,1-3H3,(H,13,14)/t9?,10-/m0/s1. The molecule has 0 fully saturated rings. The highest BCUT2D eigenvalue weighted by atomic mass is 32.2. The topological polar surface area (TPSA) is 55.1 Å². The first-order valence-electron chi connectivity index (χ1n) is 5.70. The van der Waals surface area contributed by atoms with Gasteiger partial charge in [-0.1, -0.05) is 26.7 Å². The van der Waals surface area contributed by atoms with Crippen molar-refractivity contribution in [2.45, 2.75) is 51.6 Å². The second-order valence-electron chi connectivity index (χ2n) is 3.82. The van der Waals surface area contributed by atoms with Gasteiger partial charge in [0.2, 0.25) is 5.91 Å². The lowest BCUT2D eigenvalue weighted by Crippen LogP contribution is -2.46. The number of unbranched alkanes of at least 4 members (excludes halogenated alkanes) is 1. The number of rotatable bonds is 8. The van der Waals surface area contributed by atoms with Gasteiger partial charge in [-0.25, -0.2) is 0 Å². The molecule has 1 unspecified atom stereocenters. The van der Waals surface area contributed by atoms with Gasteiger partial charge in [-0.05, 0) is 19.1 Å². The van der Waals surface area contributed by atoms with Crippen molar-refractivity contribution in [2.75, 3.05) is 12.0 Å². The van der Waals surface area contributed by atoms with Crippen LogP contribution < -0.4 is 11.1 Å². The maximum atomic E-state index is 11.6. The van der Waals surface area contributed by atoms with Crippen LogP contribution in [0.2, 0.25) is 0 Å². The van der Waals surface area contributed by atoms with Crippen LogP contribution in [0.3, 0.4) is 0 Å². The first-order valence-corrected chi connectivity index (χ1v) is 7.09. The Balaban J connectivity index is 3.87. The molecule has 0 aliphatic rings. The van der Waals surface area contributed by atoms with Gasteiger partial charge in [0.1, 0.15) is 0 Å². The number of nitrogens with two attached hydrogens (primary N) is 1. The Kier molecular flexibility index (Phi) is 8.91. The zero-order valence-corrected chi connectivity index (χ0v) is 10.9. The van der Waals surface area contributed by atoms with Crippen molar-refractivity contribution >= 4 is 17.7 Å². The van der Waals surface area contributed by atoms with Crippen molar-refractivity contribution in [3.63, 3.8) is 0 Å². The molecule has 1 amide bonds. The fraction of sp³-hybridized carbons (Fsp3) is 0.909. The fourth-order valence-electron chi connectivity index (χ4n) is 1.33. The van der Waals surface area contributed by atoms with Gasteiger partial charge >= 0.3 is 0 Å². The third-order valence-corrected chi connectivity index (χ3v) is 3.15. The van der Waals surface area contributed by atoms with E-state index in [1.807, 2.05) is 6.26 Å². The van der Waals surface area contributed by atoms with Gasteiger partial charge in [0.25, 0.3) is 0 Å². The van der Waals surface area contributed by atoms with E-state index in [-0.39, 0.29) is 18.0 Å². The molecule has 0 aromatic rings. The number of hydrogen-bond acceptors (Lipinski definition) is 3. The van der Waals surface area contributed by atoms with Crippen molar-refractivity contribution in [1.82, 2.24) is 5.32 Å². The van der Waals surface area contributed by atoms with Crippen molar-refractivity contribution in [3.05, 3.63) is 0 Å². The SMILES string of the molecule is CCCC[C@H](N)C(=O)NC(CC)CSC. The molecule has 0 saturated heterocycles. The van der Waals surface area contributed by atoms with E-state index in [1.165, 1.54) is 0 Å². The molecule has 2 atom stereocenters. The minimum absolute atomic E-state index is 0.00403. The van der Waals surface area contributed by atoms with Gasteiger partial charge in [0.15, 0.2) is 0 Å². The van der Waals surface area contributed by atoms with Crippen LogP contribution in [0.5, 0.6) is 0 Å². The van der Waals surface area contributed by atoms with Crippen LogP contribution in [-0.4, -0.2) is 30.0 Å². The highest BCUT2D eigenvalue weighted by Crippen LogP contribution is 2.03. The van der Waals surface area contributed by atoms with Gasteiger partial charge in [-0.15, -0.1) is 0 Å². The van der Waals surface area contributed by atoms with Crippen molar-refractivity contribution < 1.29 is 4.79 Å². The van der Waals surface area contributed by atoms with E-state index in [0.717, 1.165) is 31.4 Å². The van der Waals surface area contributed by atoms with Crippen LogP contribution in [-0.2, 0) is 4.79 Å². The molecular formula is C11H24N2OS. The molecular weight excluding hydrogens is 208 g/mol. The average molecular weight is 232 g/mol. The molecule has 0 aliphatic carbocycles. The smallest absolute Gasteiger partial charge is 0.237 e. The Labute approximate surface area is 97.6 Å². The molecule has 0 aliphatic heterocycles. The minimum atomic E-state index is -0.333. The van der Waals surface area contributed by atoms with Crippen LogP contribution >= 0.6 is 11.8 Å². The second kappa shape index (κ2) is 9.04. The maximum absolute atomic E-state index is 11.6. The molecule has 4 heteroatoms. The lowest BCUT2D eigenvalue weighted by atomic mass is 10.1. The third-order valence-electron chi connectivity index (χ3n) is 2.41. The van der Waals surface area contributed by atoms with Gasteiger partial charge in [-0.3, -0.25) is 4.79 Å². The number of hydrogen-bond donors (Lipinski definition) is 2. The first kappa shape index (κ1) is 14.8. The molecule has 0 heterocycles. The fourth-order valence-corrected chi connectivity index (χ4v) is 2.05. The Morgan fingerprint density at radius 3 is 2.60 bits per heavy atom.